The van der Waals surface area contributed by atoms with Crippen molar-refractivity contribution in [2.45, 2.75) is 44.8 Å². The molecular weight excluding hydrogens is 324 g/mol. The van der Waals surface area contributed by atoms with Crippen LogP contribution in [0.2, 0.25) is 0 Å². The van der Waals surface area contributed by atoms with E-state index in [9.17, 15) is 13.6 Å². The van der Waals surface area contributed by atoms with Crippen LogP contribution in [0.25, 0.3) is 0 Å². The van der Waals surface area contributed by atoms with E-state index >= 15 is 0 Å². The highest BCUT2D eigenvalue weighted by Crippen LogP contribution is 2.35. The summed E-state index contributed by atoms with van der Waals surface area (Å²) in [5.41, 5.74) is 3.46. The Hall–Kier alpha value is -2.43. The molecule has 1 aliphatic carbocycles. The fourth-order valence-corrected chi connectivity index (χ4v) is 3.40. The van der Waals surface area contributed by atoms with E-state index in [0.717, 1.165) is 18.4 Å². The second kappa shape index (κ2) is 7.64. The number of ether oxygens (including phenoxy) is 1. The monoisotopic (exact) mass is 345 g/mol. The second-order valence-electron chi connectivity index (χ2n) is 6.38. The molecule has 2 atom stereocenters. The summed E-state index contributed by atoms with van der Waals surface area (Å²) in [7, 11) is 0. The maximum atomic E-state index is 12.4. The van der Waals surface area contributed by atoms with Gasteiger partial charge in [-0.1, -0.05) is 36.4 Å². The van der Waals surface area contributed by atoms with Crippen molar-refractivity contribution in [1.82, 2.24) is 5.32 Å². The number of halogens is 2. The largest absolute Gasteiger partial charge is 0.435 e. The van der Waals surface area contributed by atoms with Gasteiger partial charge in [-0.15, -0.1) is 0 Å². The third-order valence-electron chi connectivity index (χ3n) is 4.67. The van der Waals surface area contributed by atoms with Gasteiger partial charge in [0.2, 0.25) is 5.91 Å². The first kappa shape index (κ1) is 17.4. The van der Waals surface area contributed by atoms with Crippen molar-refractivity contribution in [2.75, 3.05) is 0 Å². The standard InChI is InChI=1S/C20H21F2NO2/c1-13(14-8-10-17(11-9-14)25-20(21)22)23-19(24)12-16-7-6-15-4-2-3-5-18(15)16/h2-5,8-11,13,16,20H,6-7,12H2,1H3,(H,23,24). The molecule has 2 aromatic rings. The minimum atomic E-state index is -2.84. The lowest BCUT2D eigenvalue weighted by Gasteiger charge is -2.17. The molecule has 0 aliphatic heterocycles. The number of hydrogen-bond acceptors (Lipinski definition) is 2. The minimum absolute atomic E-state index is 0.00195. The number of nitrogens with one attached hydrogen (secondary N) is 1. The predicted molar refractivity (Wildman–Crippen MR) is 91.8 cm³/mol. The van der Waals surface area contributed by atoms with Gasteiger partial charge in [0.25, 0.3) is 0 Å². The molecule has 0 saturated carbocycles. The molecule has 0 bridgehead atoms. The topological polar surface area (TPSA) is 38.3 Å². The fraction of sp³-hybridized carbons (Fsp3) is 0.350. The highest BCUT2D eigenvalue weighted by atomic mass is 19.3. The fourth-order valence-electron chi connectivity index (χ4n) is 3.40. The van der Waals surface area contributed by atoms with Crippen LogP contribution in [-0.2, 0) is 11.2 Å². The Morgan fingerprint density at radius 3 is 2.64 bits per heavy atom. The molecule has 0 aromatic heterocycles. The van der Waals surface area contributed by atoms with Gasteiger partial charge in [-0.25, -0.2) is 0 Å². The first-order chi connectivity index (χ1) is 12.0. The maximum Gasteiger partial charge on any atom is 0.387 e. The van der Waals surface area contributed by atoms with Gasteiger partial charge in [0.15, 0.2) is 0 Å². The number of benzene rings is 2. The Morgan fingerprint density at radius 2 is 1.92 bits per heavy atom. The minimum Gasteiger partial charge on any atom is -0.435 e. The average molecular weight is 345 g/mol. The normalized spacial score (nSPS) is 17.2. The van der Waals surface area contributed by atoms with Gasteiger partial charge in [0.05, 0.1) is 6.04 Å². The van der Waals surface area contributed by atoms with Crippen molar-refractivity contribution in [3.63, 3.8) is 0 Å². The molecule has 132 valence electrons. The Labute approximate surface area is 146 Å². The van der Waals surface area contributed by atoms with Crippen LogP contribution in [0.5, 0.6) is 5.75 Å². The van der Waals surface area contributed by atoms with E-state index in [-0.39, 0.29) is 23.6 Å². The molecule has 0 heterocycles. The van der Waals surface area contributed by atoms with E-state index in [1.165, 1.54) is 23.3 Å². The molecule has 0 spiro atoms. The van der Waals surface area contributed by atoms with Crippen LogP contribution < -0.4 is 10.1 Å². The smallest absolute Gasteiger partial charge is 0.387 e. The molecule has 3 nitrogen and oxygen atoms in total. The summed E-state index contributed by atoms with van der Waals surface area (Å²) in [6.45, 7) is -0.957. The summed E-state index contributed by atoms with van der Waals surface area (Å²) in [5.74, 6) is 0.382. The highest BCUT2D eigenvalue weighted by Gasteiger charge is 2.24. The van der Waals surface area contributed by atoms with Crippen LogP contribution in [0.4, 0.5) is 8.78 Å². The molecule has 1 N–H and O–H groups in total. The van der Waals surface area contributed by atoms with E-state index < -0.39 is 6.61 Å². The van der Waals surface area contributed by atoms with Crippen molar-refractivity contribution < 1.29 is 18.3 Å². The van der Waals surface area contributed by atoms with E-state index in [1.54, 1.807) is 12.1 Å². The Morgan fingerprint density at radius 1 is 1.20 bits per heavy atom. The summed E-state index contributed by atoms with van der Waals surface area (Å²) in [5, 5.41) is 2.99. The molecule has 25 heavy (non-hydrogen) atoms. The van der Waals surface area contributed by atoms with Crippen molar-refractivity contribution in [2.24, 2.45) is 0 Å². The van der Waals surface area contributed by atoms with E-state index in [1.807, 2.05) is 19.1 Å². The predicted octanol–water partition coefficient (Wildman–Crippen LogP) is 4.59. The van der Waals surface area contributed by atoms with Gasteiger partial charge < -0.3 is 10.1 Å². The number of aryl methyl sites for hydroxylation is 1. The first-order valence-electron chi connectivity index (χ1n) is 8.45. The Kier molecular flexibility index (Phi) is 5.31. The molecule has 1 aliphatic rings. The third kappa shape index (κ3) is 4.35. The Balaban J connectivity index is 1.56. The summed E-state index contributed by atoms with van der Waals surface area (Å²) < 4.78 is 28.7. The third-order valence-corrected chi connectivity index (χ3v) is 4.67. The van der Waals surface area contributed by atoms with Crippen LogP contribution in [0.1, 0.15) is 48.4 Å². The molecule has 0 saturated heterocycles. The SMILES string of the molecule is CC(NC(=O)CC1CCc2ccccc21)c1ccc(OC(F)F)cc1. The van der Waals surface area contributed by atoms with Gasteiger partial charge in [-0.3, -0.25) is 4.79 Å². The molecular formula is C20H21F2NO2. The average Bonchev–Trinajstić information content (AvgIpc) is 2.98. The number of carbonyl (C=O) groups is 1. The van der Waals surface area contributed by atoms with Crippen molar-refractivity contribution >= 4 is 5.91 Å². The molecule has 0 fully saturated rings. The van der Waals surface area contributed by atoms with Crippen molar-refractivity contribution in [3.8, 4) is 5.75 Å². The summed E-state index contributed by atoms with van der Waals surface area (Å²) in [6, 6.07) is 14.4. The number of alkyl halides is 2. The quantitative estimate of drug-likeness (QED) is 0.832. The van der Waals surface area contributed by atoms with Crippen LogP contribution in [0.3, 0.4) is 0 Å². The second-order valence-corrected chi connectivity index (χ2v) is 6.38. The molecule has 2 aromatic carbocycles. The zero-order chi connectivity index (χ0) is 17.8. The number of carbonyl (C=O) groups excluding carboxylic acids is 1. The molecule has 0 radical (unpaired) electrons. The summed E-state index contributed by atoms with van der Waals surface area (Å²) in [6.07, 6.45) is 2.49. The van der Waals surface area contributed by atoms with E-state index in [2.05, 4.69) is 22.2 Å². The Bertz CT molecular complexity index is 731. The van der Waals surface area contributed by atoms with Gasteiger partial charge >= 0.3 is 6.61 Å². The highest BCUT2D eigenvalue weighted by molar-refractivity contribution is 5.77. The zero-order valence-corrected chi connectivity index (χ0v) is 14.0. The lowest BCUT2D eigenvalue weighted by Crippen LogP contribution is -2.27. The first-order valence-corrected chi connectivity index (χ1v) is 8.45. The van der Waals surface area contributed by atoms with Crippen LogP contribution >= 0.6 is 0 Å². The van der Waals surface area contributed by atoms with Gasteiger partial charge in [0, 0.05) is 6.42 Å². The molecule has 2 unspecified atom stereocenters. The lowest BCUT2D eigenvalue weighted by atomic mass is 9.97. The lowest BCUT2D eigenvalue weighted by molar-refractivity contribution is -0.122. The molecule has 3 rings (SSSR count). The summed E-state index contributed by atoms with van der Waals surface area (Å²) in [4.78, 5) is 12.4. The van der Waals surface area contributed by atoms with Crippen molar-refractivity contribution in [3.05, 3.63) is 65.2 Å². The van der Waals surface area contributed by atoms with Gasteiger partial charge in [0.1, 0.15) is 5.75 Å². The molecule has 5 heteroatoms. The van der Waals surface area contributed by atoms with Crippen molar-refractivity contribution in [1.29, 1.82) is 0 Å². The number of fused-ring (bicyclic) bond motifs is 1. The van der Waals surface area contributed by atoms with Crippen LogP contribution in [0, 0.1) is 0 Å². The number of rotatable bonds is 6. The zero-order valence-electron chi connectivity index (χ0n) is 14.0. The van der Waals surface area contributed by atoms with Crippen LogP contribution in [0.15, 0.2) is 48.5 Å². The number of hydrogen-bond donors (Lipinski definition) is 1. The van der Waals surface area contributed by atoms with Gasteiger partial charge in [-0.2, -0.15) is 8.78 Å². The number of amides is 1. The maximum absolute atomic E-state index is 12.4. The molecule has 1 amide bonds. The summed E-state index contributed by atoms with van der Waals surface area (Å²) >= 11 is 0. The van der Waals surface area contributed by atoms with Crippen LogP contribution in [-0.4, -0.2) is 12.5 Å². The van der Waals surface area contributed by atoms with Gasteiger partial charge in [-0.05, 0) is 54.5 Å². The van der Waals surface area contributed by atoms with E-state index in [4.69, 9.17) is 0 Å². The van der Waals surface area contributed by atoms with E-state index in [0.29, 0.717) is 6.42 Å².